The van der Waals surface area contributed by atoms with Crippen LogP contribution in [0.5, 0.6) is 0 Å². The Morgan fingerprint density at radius 2 is 2.00 bits per heavy atom. The molecule has 2 aromatic heterocycles. The van der Waals surface area contributed by atoms with Gasteiger partial charge in [-0.2, -0.15) is 10.1 Å². The van der Waals surface area contributed by atoms with Crippen LogP contribution in [0.4, 0.5) is 10.3 Å². The number of piperidine rings is 1. The minimum atomic E-state index is -0.245. The molecule has 0 amide bonds. The normalized spacial score (nSPS) is 15.8. The maximum atomic E-state index is 12.9. The van der Waals surface area contributed by atoms with Crippen LogP contribution in [0.15, 0.2) is 41.2 Å². The highest BCUT2D eigenvalue weighted by molar-refractivity contribution is 5.31. The van der Waals surface area contributed by atoms with Crippen LogP contribution in [0.1, 0.15) is 35.8 Å². The predicted octanol–water partition coefficient (Wildman–Crippen LogP) is 2.91. The van der Waals surface area contributed by atoms with E-state index in [1.54, 1.807) is 12.1 Å². The van der Waals surface area contributed by atoms with Gasteiger partial charge in [0, 0.05) is 19.3 Å². The summed E-state index contributed by atoms with van der Waals surface area (Å²) < 4.78 is 18.3. The Balaban J connectivity index is 1.38. The minimum Gasteiger partial charge on any atom is -0.338 e. The van der Waals surface area contributed by atoms with Crippen LogP contribution in [-0.4, -0.2) is 33.4 Å². The molecular formula is C17H18FN5O. The van der Waals surface area contributed by atoms with Crippen molar-refractivity contribution in [2.75, 3.05) is 18.0 Å². The molecule has 4 rings (SSSR count). The summed E-state index contributed by atoms with van der Waals surface area (Å²) in [5.41, 5.74) is 2.21. The lowest BCUT2D eigenvalue weighted by atomic mass is 9.92. The molecule has 3 heterocycles. The Kier molecular flexibility index (Phi) is 3.98. The summed E-state index contributed by atoms with van der Waals surface area (Å²) in [6, 6.07) is 6.34. The summed E-state index contributed by atoms with van der Waals surface area (Å²) in [6.45, 7) is 1.79. The molecule has 1 fully saturated rings. The van der Waals surface area contributed by atoms with Gasteiger partial charge >= 0.3 is 0 Å². The smallest absolute Gasteiger partial charge is 0.266 e. The number of hydrogen-bond donors (Lipinski definition) is 1. The first kappa shape index (κ1) is 14.9. The quantitative estimate of drug-likeness (QED) is 0.798. The molecule has 0 spiro atoms. The van der Waals surface area contributed by atoms with Gasteiger partial charge in [0.25, 0.3) is 5.95 Å². The fourth-order valence-electron chi connectivity index (χ4n) is 3.12. The van der Waals surface area contributed by atoms with E-state index >= 15 is 0 Å². The monoisotopic (exact) mass is 327 g/mol. The molecule has 0 bridgehead atoms. The molecule has 124 valence electrons. The van der Waals surface area contributed by atoms with Crippen molar-refractivity contribution in [3.05, 3.63) is 59.5 Å². The van der Waals surface area contributed by atoms with Gasteiger partial charge < -0.3 is 9.42 Å². The van der Waals surface area contributed by atoms with Gasteiger partial charge in [0.05, 0.1) is 12.6 Å². The van der Waals surface area contributed by atoms with E-state index in [1.807, 2.05) is 12.4 Å². The SMILES string of the molecule is Fc1ccc(Cc2nc(N3CCC(c4cn[nH]c4)CC3)no2)cc1. The van der Waals surface area contributed by atoms with Crippen LogP contribution in [0.2, 0.25) is 0 Å². The largest absolute Gasteiger partial charge is 0.338 e. The first-order chi connectivity index (χ1) is 11.8. The molecule has 0 saturated carbocycles. The minimum absolute atomic E-state index is 0.245. The van der Waals surface area contributed by atoms with Crippen molar-refractivity contribution < 1.29 is 8.91 Å². The molecular weight excluding hydrogens is 309 g/mol. The Hall–Kier alpha value is -2.70. The van der Waals surface area contributed by atoms with Gasteiger partial charge in [0.2, 0.25) is 5.89 Å². The van der Waals surface area contributed by atoms with Gasteiger partial charge in [-0.15, -0.1) is 0 Å². The lowest BCUT2D eigenvalue weighted by Gasteiger charge is -2.30. The van der Waals surface area contributed by atoms with E-state index < -0.39 is 0 Å². The number of aromatic nitrogens is 4. The van der Waals surface area contributed by atoms with E-state index in [9.17, 15) is 4.39 Å². The standard InChI is InChI=1S/C17H18FN5O/c18-15-3-1-12(2-4-15)9-16-21-17(22-24-16)23-7-5-13(6-8-23)14-10-19-20-11-14/h1-4,10-11,13H,5-9H2,(H,19,20). The van der Waals surface area contributed by atoms with Crippen LogP contribution >= 0.6 is 0 Å². The summed E-state index contributed by atoms with van der Waals surface area (Å²) in [5, 5.41) is 11.0. The van der Waals surface area contributed by atoms with Crippen molar-refractivity contribution in [1.82, 2.24) is 20.3 Å². The Bertz CT molecular complexity index is 776. The summed E-state index contributed by atoms with van der Waals surface area (Å²) >= 11 is 0. The van der Waals surface area contributed by atoms with Crippen molar-refractivity contribution in [2.24, 2.45) is 0 Å². The average Bonchev–Trinajstić information content (AvgIpc) is 3.29. The fourth-order valence-corrected chi connectivity index (χ4v) is 3.12. The third-order valence-electron chi connectivity index (χ3n) is 4.49. The van der Waals surface area contributed by atoms with E-state index in [4.69, 9.17) is 4.52 Å². The molecule has 1 aliphatic heterocycles. The number of halogens is 1. The molecule has 7 heteroatoms. The van der Waals surface area contributed by atoms with Gasteiger partial charge in [-0.05, 0) is 47.2 Å². The van der Waals surface area contributed by atoms with Gasteiger partial charge in [0.1, 0.15) is 5.82 Å². The summed E-state index contributed by atoms with van der Waals surface area (Å²) in [7, 11) is 0. The van der Waals surface area contributed by atoms with Crippen molar-refractivity contribution in [3.63, 3.8) is 0 Å². The van der Waals surface area contributed by atoms with Gasteiger partial charge in [-0.3, -0.25) is 5.10 Å². The van der Waals surface area contributed by atoms with E-state index in [2.05, 4.69) is 25.2 Å². The molecule has 0 atom stereocenters. The summed E-state index contributed by atoms with van der Waals surface area (Å²) in [5.74, 6) is 1.47. The maximum Gasteiger partial charge on any atom is 0.266 e. The van der Waals surface area contributed by atoms with Crippen LogP contribution in [-0.2, 0) is 6.42 Å². The molecule has 1 aromatic carbocycles. The Morgan fingerprint density at radius 1 is 1.21 bits per heavy atom. The molecule has 0 radical (unpaired) electrons. The number of aromatic amines is 1. The number of H-pyrrole nitrogens is 1. The molecule has 0 unspecified atom stereocenters. The topological polar surface area (TPSA) is 70.8 Å². The number of nitrogens with one attached hydrogen (secondary N) is 1. The number of nitrogens with zero attached hydrogens (tertiary/aromatic N) is 4. The van der Waals surface area contributed by atoms with Crippen molar-refractivity contribution >= 4 is 5.95 Å². The van der Waals surface area contributed by atoms with Crippen molar-refractivity contribution in [3.8, 4) is 0 Å². The number of anilines is 1. The van der Waals surface area contributed by atoms with Gasteiger partial charge in [-0.1, -0.05) is 12.1 Å². The van der Waals surface area contributed by atoms with Crippen molar-refractivity contribution in [2.45, 2.75) is 25.2 Å². The molecule has 3 aromatic rings. The second kappa shape index (κ2) is 6.43. The summed E-state index contributed by atoms with van der Waals surface area (Å²) in [4.78, 5) is 6.62. The highest BCUT2D eigenvalue weighted by Crippen LogP contribution is 2.28. The maximum absolute atomic E-state index is 12.9. The first-order valence-corrected chi connectivity index (χ1v) is 8.08. The zero-order chi connectivity index (χ0) is 16.4. The van der Waals surface area contributed by atoms with E-state index in [0.29, 0.717) is 24.2 Å². The molecule has 6 nitrogen and oxygen atoms in total. The van der Waals surface area contributed by atoms with Crippen LogP contribution in [0, 0.1) is 5.82 Å². The lowest BCUT2D eigenvalue weighted by molar-refractivity contribution is 0.381. The molecule has 1 aliphatic rings. The highest BCUT2D eigenvalue weighted by atomic mass is 19.1. The second-order valence-corrected chi connectivity index (χ2v) is 6.08. The number of benzene rings is 1. The van der Waals surface area contributed by atoms with Crippen molar-refractivity contribution in [1.29, 1.82) is 0 Å². The van der Waals surface area contributed by atoms with Crippen LogP contribution in [0.25, 0.3) is 0 Å². The first-order valence-electron chi connectivity index (χ1n) is 8.08. The number of hydrogen-bond acceptors (Lipinski definition) is 5. The molecule has 1 N–H and O–H groups in total. The molecule has 1 saturated heterocycles. The van der Waals surface area contributed by atoms with Crippen LogP contribution in [0.3, 0.4) is 0 Å². The van der Waals surface area contributed by atoms with E-state index in [1.165, 1.54) is 17.7 Å². The highest BCUT2D eigenvalue weighted by Gasteiger charge is 2.24. The lowest BCUT2D eigenvalue weighted by Crippen LogP contribution is -2.33. The number of rotatable bonds is 4. The zero-order valence-corrected chi connectivity index (χ0v) is 13.2. The Morgan fingerprint density at radius 3 is 2.71 bits per heavy atom. The van der Waals surface area contributed by atoms with E-state index in [-0.39, 0.29) is 5.82 Å². The average molecular weight is 327 g/mol. The zero-order valence-electron chi connectivity index (χ0n) is 13.2. The van der Waals surface area contributed by atoms with Gasteiger partial charge in [-0.25, -0.2) is 4.39 Å². The molecule has 0 aliphatic carbocycles. The van der Waals surface area contributed by atoms with E-state index in [0.717, 1.165) is 31.5 Å². The third kappa shape index (κ3) is 3.15. The van der Waals surface area contributed by atoms with Crippen LogP contribution < -0.4 is 4.90 Å². The third-order valence-corrected chi connectivity index (χ3v) is 4.49. The predicted molar refractivity (Wildman–Crippen MR) is 86.3 cm³/mol. The van der Waals surface area contributed by atoms with Gasteiger partial charge in [0.15, 0.2) is 0 Å². The summed E-state index contributed by atoms with van der Waals surface area (Å²) in [6.07, 6.45) is 6.46. The fraction of sp³-hybridized carbons (Fsp3) is 0.353. The molecule has 24 heavy (non-hydrogen) atoms. The second-order valence-electron chi connectivity index (χ2n) is 6.08. The Labute approximate surface area is 138 Å².